The van der Waals surface area contributed by atoms with Crippen LogP contribution in [0.5, 0.6) is 5.75 Å². The summed E-state index contributed by atoms with van der Waals surface area (Å²) in [5.74, 6) is 0.366. The van der Waals surface area contributed by atoms with Crippen molar-refractivity contribution in [3.8, 4) is 5.75 Å². The standard InChI is InChI=1S/C20H22FO6P/c1-12-20(2,21)19(22)17(25-12)11-24-28(3,23)27-16-10-6-9-15-18(16)13-7-4-5-8-14(13)26-15/h4-10,12,17,19,22H,11H2,1-3H3/t12-,17+,19+,20-,28?/m0/s1. The summed E-state index contributed by atoms with van der Waals surface area (Å²) in [6, 6.07) is 12.7. The monoisotopic (exact) mass is 408 g/mol. The number of furan rings is 1. The lowest BCUT2D eigenvalue weighted by Gasteiger charge is -2.22. The molecular weight excluding hydrogens is 386 g/mol. The molecule has 0 spiro atoms. The molecule has 1 saturated heterocycles. The predicted molar refractivity (Wildman–Crippen MR) is 104 cm³/mol. The van der Waals surface area contributed by atoms with Gasteiger partial charge in [0, 0.05) is 12.1 Å². The van der Waals surface area contributed by atoms with Gasteiger partial charge in [0.15, 0.2) is 5.67 Å². The number of aliphatic hydroxyl groups is 1. The van der Waals surface area contributed by atoms with Crippen LogP contribution in [0.25, 0.3) is 21.9 Å². The number of aliphatic hydroxyl groups excluding tert-OH is 1. The molecule has 1 aliphatic rings. The zero-order chi connectivity index (χ0) is 20.1. The molecule has 8 heteroatoms. The molecule has 0 saturated carbocycles. The molecule has 5 atom stereocenters. The summed E-state index contributed by atoms with van der Waals surface area (Å²) in [7, 11) is -3.57. The Hall–Kier alpha value is -1.92. The predicted octanol–water partition coefficient (Wildman–Crippen LogP) is 4.68. The Balaban J connectivity index is 1.55. The minimum atomic E-state index is -3.57. The summed E-state index contributed by atoms with van der Waals surface area (Å²) in [5, 5.41) is 11.6. The average molecular weight is 408 g/mol. The molecule has 2 heterocycles. The topological polar surface area (TPSA) is 78.1 Å². The number of benzene rings is 2. The van der Waals surface area contributed by atoms with Gasteiger partial charge in [-0.2, -0.15) is 0 Å². The first-order chi connectivity index (χ1) is 13.2. The first kappa shape index (κ1) is 19.4. The molecule has 150 valence electrons. The SMILES string of the molecule is C[C@@H]1O[C@H](COP(C)(=O)Oc2cccc3oc4ccccc4c23)[C@@H](O)[C@@]1(C)F. The molecule has 6 nitrogen and oxygen atoms in total. The second-order valence-corrected chi connectivity index (χ2v) is 9.28. The molecule has 1 N–H and O–H groups in total. The van der Waals surface area contributed by atoms with Crippen LogP contribution >= 0.6 is 7.60 Å². The van der Waals surface area contributed by atoms with Gasteiger partial charge >= 0.3 is 7.60 Å². The molecule has 0 aliphatic carbocycles. The minimum absolute atomic E-state index is 0.249. The molecule has 28 heavy (non-hydrogen) atoms. The van der Waals surface area contributed by atoms with E-state index < -0.39 is 31.6 Å². The smallest absolute Gasteiger partial charge is 0.376 e. The van der Waals surface area contributed by atoms with Crippen molar-refractivity contribution >= 4 is 29.5 Å². The first-order valence-electron chi connectivity index (χ1n) is 9.03. The third-order valence-electron chi connectivity index (χ3n) is 5.21. The molecule has 1 aromatic heterocycles. The number of para-hydroxylation sites is 1. The van der Waals surface area contributed by atoms with Crippen molar-refractivity contribution < 1.29 is 32.3 Å². The molecule has 1 aliphatic heterocycles. The Morgan fingerprint density at radius 1 is 1.21 bits per heavy atom. The van der Waals surface area contributed by atoms with E-state index in [1.807, 2.05) is 24.3 Å². The maximum atomic E-state index is 14.4. The van der Waals surface area contributed by atoms with Gasteiger partial charge in [-0.3, -0.25) is 4.52 Å². The average Bonchev–Trinajstić information content (AvgIpc) is 3.11. The lowest BCUT2D eigenvalue weighted by atomic mass is 9.96. The lowest BCUT2D eigenvalue weighted by Crippen LogP contribution is -2.41. The van der Waals surface area contributed by atoms with Gasteiger partial charge in [-0.1, -0.05) is 24.3 Å². The third-order valence-corrected chi connectivity index (χ3v) is 6.35. The van der Waals surface area contributed by atoms with E-state index in [0.717, 1.165) is 5.39 Å². The Kier molecular flexibility index (Phi) is 4.74. The molecule has 0 bridgehead atoms. The maximum absolute atomic E-state index is 14.4. The quantitative estimate of drug-likeness (QED) is 0.618. The van der Waals surface area contributed by atoms with E-state index in [4.69, 9.17) is 18.2 Å². The zero-order valence-electron chi connectivity index (χ0n) is 15.8. The van der Waals surface area contributed by atoms with Gasteiger partial charge in [0.2, 0.25) is 0 Å². The summed E-state index contributed by atoms with van der Waals surface area (Å²) in [6.45, 7) is 3.89. The van der Waals surface area contributed by atoms with Crippen LogP contribution in [0.3, 0.4) is 0 Å². The van der Waals surface area contributed by atoms with Gasteiger partial charge in [-0.25, -0.2) is 8.96 Å². The maximum Gasteiger partial charge on any atom is 0.376 e. The van der Waals surface area contributed by atoms with Crippen LogP contribution < -0.4 is 4.52 Å². The summed E-state index contributed by atoms with van der Waals surface area (Å²) in [5.41, 5.74) is -0.595. The van der Waals surface area contributed by atoms with Crippen LogP contribution in [0.4, 0.5) is 4.39 Å². The highest BCUT2D eigenvalue weighted by Gasteiger charge is 2.52. The van der Waals surface area contributed by atoms with E-state index in [-0.39, 0.29) is 6.61 Å². The van der Waals surface area contributed by atoms with Crippen LogP contribution in [-0.4, -0.2) is 42.4 Å². The van der Waals surface area contributed by atoms with Crippen molar-refractivity contribution in [2.45, 2.75) is 37.8 Å². The van der Waals surface area contributed by atoms with Crippen molar-refractivity contribution in [3.63, 3.8) is 0 Å². The summed E-state index contributed by atoms with van der Waals surface area (Å²) in [4.78, 5) is 0. The highest BCUT2D eigenvalue weighted by Crippen LogP contribution is 2.48. The largest absolute Gasteiger partial charge is 0.456 e. The van der Waals surface area contributed by atoms with Crippen molar-refractivity contribution in [1.82, 2.24) is 0 Å². The number of ether oxygens (including phenoxy) is 1. The van der Waals surface area contributed by atoms with E-state index in [0.29, 0.717) is 22.3 Å². The Morgan fingerprint density at radius 3 is 2.64 bits per heavy atom. The first-order valence-corrected chi connectivity index (χ1v) is 11.0. The molecule has 4 rings (SSSR count). The second-order valence-electron chi connectivity index (χ2n) is 7.30. The molecule has 2 aromatic carbocycles. The Bertz CT molecular complexity index is 1060. The number of fused-ring (bicyclic) bond motifs is 3. The van der Waals surface area contributed by atoms with E-state index >= 15 is 0 Å². The van der Waals surface area contributed by atoms with Crippen LogP contribution in [-0.2, 0) is 13.8 Å². The van der Waals surface area contributed by atoms with Crippen molar-refractivity contribution in [3.05, 3.63) is 42.5 Å². The second kappa shape index (κ2) is 6.85. The van der Waals surface area contributed by atoms with E-state index in [1.165, 1.54) is 20.5 Å². The molecule has 0 amide bonds. The highest BCUT2D eigenvalue weighted by atomic mass is 31.2. The molecule has 1 fully saturated rings. The Morgan fingerprint density at radius 2 is 1.93 bits per heavy atom. The molecular formula is C20H22FO6P. The fraction of sp³-hybridized carbons (Fsp3) is 0.400. The number of alkyl halides is 1. The van der Waals surface area contributed by atoms with Crippen LogP contribution in [0, 0.1) is 0 Å². The number of rotatable bonds is 5. The normalized spacial score (nSPS) is 30.0. The Labute approximate surface area is 161 Å². The van der Waals surface area contributed by atoms with Gasteiger partial charge in [0.05, 0.1) is 18.1 Å². The van der Waals surface area contributed by atoms with Crippen molar-refractivity contribution in [1.29, 1.82) is 0 Å². The lowest BCUT2D eigenvalue weighted by molar-refractivity contribution is -0.0124. The van der Waals surface area contributed by atoms with Gasteiger partial charge in [0.25, 0.3) is 0 Å². The number of hydrogen-bond acceptors (Lipinski definition) is 6. The fourth-order valence-corrected chi connectivity index (χ4v) is 4.42. The van der Waals surface area contributed by atoms with Gasteiger partial charge < -0.3 is 18.8 Å². The van der Waals surface area contributed by atoms with Crippen molar-refractivity contribution in [2.24, 2.45) is 0 Å². The minimum Gasteiger partial charge on any atom is -0.456 e. The van der Waals surface area contributed by atoms with Crippen LogP contribution in [0.2, 0.25) is 0 Å². The van der Waals surface area contributed by atoms with Gasteiger partial charge in [0.1, 0.15) is 29.1 Å². The van der Waals surface area contributed by atoms with E-state index in [9.17, 15) is 14.1 Å². The molecule has 3 aromatic rings. The molecule has 1 unspecified atom stereocenters. The summed E-state index contributed by atoms with van der Waals surface area (Å²) >= 11 is 0. The van der Waals surface area contributed by atoms with Crippen LogP contribution in [0.1, 0.15) is 13.8 Å². The van der Waals surface area contributed by atoms with E-state index in [2.05, 4.69) is 0 Å². The van der Waals surface area contributed by atoms with Gasteiger partial charge in [-0.15, -0.1) is 0 Å². The van der Waals surface area contributed by atoms with Gasteiger partial charge in [-0.05, 0) is 32.0 Å². The zero-order valence-corrected chi connectivity index (χ0v) is 16.7. The fourth-order valence-electron chi connectivity index (χ4n) is 3.44. The highest BCUT2D eigenvalue weighted by molar-refractivity contribution is 7.53. The summed E-state index contributed by atoms with van der Waals surface area (Å²) in [6.07, 6.45) is -3.09. The number of hydrogen-bond donors (Lipinski definition) is 1. The number of halogens is 1. The van der Waals surface area contributed by atoms with Crippen LogP contribution in [0.15, 0.2) is 46.9 Å². The summed E-state index contributed by atoms with van der Waals surface area (Å²) < 4.78 is 49.6. The van der Waals surface area contributed by atoms with E-state index in [1.54, 1.807) is 18.2 Å². The molecule has 0 radical (unpaired) electrons. The third kappa shape index (κ3) is 3.33. The van der Waals surface area contributed by atoms with Crippen molar-refractivity contribution in [2.75, 3.05) is 13.3 Å².